The van der Waals surface area contributed by atoms with Crippen molar-refractivity contribution in [2.75, 3.05) is 10.6 Å². The Morgan fingerprint density at radius 1 is 1.19 bits per heavy atom. The summed E-state index contributed by atoms with van der Waals surface area (Å²) >= 11 is 1.63. The summed E-state index contributed by atoms with van der Waals surface area (Å²) in [6.45, 7) is 8.00. The number of fused-ring (bicyclic) bond motifs is 1. The first-order chi connectivity index (χ1) is 13.0. The molecule has 3 aromatic rings. The summed E-state index contributed by atoms with van der Waals surface area (Å²) < 4.78 is 1.78. The number of carbonyl (C=O) groups is 1. The Balaban J connectivity index is 1.77. The van der Waals surface area contributed by atoms with Gasteiger partial charge in [-0.2, -0.15) is 10.1 Å². The first kappa shape index (κ1) is 17.5. The molecule has 0 radical (unpaired) electrons. The molecule has 4 rings (SSSR count). The molecule has 0 fully saturated rings. The van der Waals surface area contributed by atoms with Gasteiger partial charge in [0.2, 0.25) is 5.95 Å². The van der Waals surface area contributed by atoms with E-state index in [0.717, 1.165) is 27.4 Å². The lowest BCUT2D eigenvalue weighted by atomic mass is 9.98. The second-order valence-electron chi connectivity index (χ2n) is 6.83. The van der Waals surface area contributed by atoms with Gasteiger partial charge in [0.25, 0.3) is 5.91 Å². The van der Waals surface area contributed by atoms with Crippen LogP contribution in [-0.2, 0) is 4.79 Å². The van der Waals surface area contributed by atoms with Crippen LogP contribution in [0.2, 0.25) is 0 Å². The SMILES string of the molecule is CC1=C(C(=O)Nc2ccc(C)cc2C)[C@H](c2sccc2C)n2ncnc2N1. The van der Waals surface area contributed by atoms with Crippen molar-refractivity contribution >= 4 is 28.9 Å². The zero-order valence-corrected chi connectivity index (χ0v) is 16.5. The van der Waals surface area contributed by atoms with Crippen LogP contribution >= 0.6 is 11.3 Å². The predicted octanol–water partition coefficient (Wildman–Crippen LogP) is 4.19. The molecule has 0 unspecified atom stereocenters. The smallest absolute Gasteiger partial charge is 0.255 e. The van der Waals surface area contributed by atoms with E-state index in [0.29, 0.717) is 11.5 Å². The number of hydrogen-bond acceptors (Lipinski definition) is 5. The molecule has 7 heteroatoms. The van der Waals surface area contributed by atoms with E-state index in [4.69, 9.17) is 0 Å². The molecule has 0 aliphatic carbocycles. The van der Waals surface area contributed by atoms with Crippen molar-refractivity contribution in [1.29, 1.82) is 0 Å². The van der Waals surface area contributed by atoms with Crippen LogP contribution in [0, 0.1) is 20.8 Å². The Kier molecular flexibility index (Phi) is 4.31. The summed E-state index contributed by atoms with van der Waals surface area (Å²) in [5.74, 6) is 0.513. The van der Waals surface area contributed by atoms with Crippen LogP contribution in [0.3, 0.4) is 0 Å². The van der Waals surface area contributed by atoms with Crippen LogP contribution in [0.25, 0.3) is 0 Å². The van der Waals surface area contributed by atoms with Crippen molar-refractivity contribution in [1.82, 2.24) is 14.8 Å². The lowest BCUT2D eigenvalue weighted by molar-refractivity contribution is -0.113. The van der Waals surface area contributed by atoms with Gasteiger partial charge in [-0.3, -0.25) is 4.79 Å². The number of aryl methyl sites for hydroxylation is 3. The molecule has 1 aliphatic rings. The lowest BCUT2D eigenvalue weighted by Crippen LogP contribution is -2.31. The molecule has 0 saturated carbocycles. The minimum atomic E-state index is -0.297. The third kappa shape index (κ3) is 3.04. The monoisotopic (exact) mass is 379 g/mol. The molecule has 1 amide bonds. The number of hydrogen-bond donors (Lipinski definition) is 2. The molecule has 2 aromatic heterocycles. The van der Waals surface area contributed by atoms with E-state index in [-0.39, 0.29) is 11.9 Å². The fraction of sp³-hybridized carbons (Fsp3) is 0.250. The summed E-state index contributed by atoms with van der Waals surface area (Å²) in [6, 6.07) is 7.77. The highest BCUT2D eigenvalue weighted by Crippen LogP contribution is 2.38. The molecule has 6 nitrogen and oxygen atoms in total. The maximum atomic E-state index is 13.3. The van der Waals surface area contributed by atoms with Crippen LogP contribution < -0.4 is 10.6 Å². The van der Waals surface area contributed by atoms with Gasteiger partial charge in [-0.05, 0) is 56.3 Å². The molecule has 1 aliphatic heterocycles. The molecule has 138 valence electrons. The van der Waals surface area contributed by atoms with Gasteiger partial charge in [0.15, 0.2) is 0 Å². The van der Waals surface area contributed by atoms with Gasteiger partial charge < -0.3 is 10.6 Å². The van der Waals surface area contributed by atoms with Crippen LogP contribution in [0.1, 0.15) is 34.5 Å². The molecule has 1 aromatic carbocycles. The normalized spacial score (nSPS) is 16.1. The van der Waals surface area contributed by atoms with Crippen LogP contribution in [-0.4, -0.2) is 20.7 Å². The molecule has 2 N–H and O–H groups in total. The second kappa shape index (κ2) is 6.66. The molecular formula is C20H21N5OS. The topological polar surface area (TPSA) is 71.8 Å². The maximum absolute atomic E-state index is 13.3. The zero-order valence-electron chi connectivity index (χ0n) is 15.7. The molecule has 27 heavy (non-hydrogen) atoms. The highest BCUT2D eigenvalue weighted by atomic mass is 32.1. The van der Waals surface area contributed by atoms with Gasteiger partial charge in [-0.1, -0.05) is 17.7 Å². The maximum Gasteiger partial charge on any atom is 0.255 e. The van der Waals surface area contributed by atoms with E-state index in [1.54, 1.807) is 16.0 Å². The molecule has 3 heterocycles. The van der Waals surface area contributed by atoms with E-state index in [9.17, 15) is 4.79 Å². The first-order valence-electron chi connectivity index (χ1n) is 8.75. The Morgan fingerprint density at radius 2 is 2.00 bits per heavy atom. The van der Waals surface area contributed by atoms with Gasteiger partial charge in [0.05, 0.1) is 5.57 Å². The highest BCUT2D eigenvalue weighted by Gasteiger charge is 2.35. The third-order valence-corrected chi connectivity index (χ3v) is 5.89. The highest BCUT2D eigenvalue weighted by molar-refractivity contribution is 7.10. The van der Waals surface area contributed by atoms with Crippen molar-refractivity contribution in [2.24, 2.45) is 0 Å². The van der Waals surface area contributed by atoms with Crippen molar-refractivity contribution in [3.05, 3.63) is 68.8 Å². The fourth-order valence-corrected chi connectivity index (χ4v) is 4.45. The van der Waals surface area contributed by atoms with Gasteiger partial charge >= 0.3 is 0 Å². The summed E-state index contributed by atoms with van der Waals surface area (Å²) in [5, 5.41) is 12.7. The molecule has 0 saturated heterocycles. The average Bonchev–Trinajstić information content (AvgIpc) is 3.24. The Bertz CT molecular complexity index is 1060. The number of thiophene rings is 1. The largest absolute Gasteiger partial charge is 0.328 e. The number of aromatic nitrogens is 3. The Morgan fingerprint density at radius 3 is 2.70 bits per heavy atom. The number of carbonyl (C=O) groups excluding carboxylic acids is 1. The number of nitrogens with zero attached hydrogens (tertiary/aromatic N) is 3. The summed E-state index contributed by atoms with van der Waals surface area (Å²) in [6.07, 6.45) is 1.51. The van der Waals surface area contributed by atoms with E-state index in [2.05, 4.69) is 39.8 Å². The number of rotatable bonds is 3. The minimum absolute atomic E-state index is 0.133. The Labute approximate surface area is 161 Å². The molecule has 1 atom stereocenters. The number of nitrogens with one attached hydrogen (secondary N) is 2. The number of amides is 1. The van der Waals surface area contributed by atoms with Crippen LogP contribution in [0.4, 0.5) is 11.6 Å². The van der Waals surface area contributed by atoms with E-state index >= 15 is 0 Å². The van der Waals surface area contributed by atoms with Crippen molar-refractivity contribution in [3.8, 4) is 0 Å². The van der Waals surface area contributed by atoms with Crippen molar-refractivity contribution < 1.29 is 4.79 Å². The summed E-state index contributed by atoms with van der Waals surface area (Å²) in [4.78, 5) is 18.7. The summed E-state index contributed by atoms with van der Waals surface area (Å²) in [7, 11) is 0. The minimum Gasteiger partial charge on any atom is -0.328 e. The number of allylic oxidation sites excluding steroid dienone is 1. The zero-order chi connectivity index (χ0) is 19.1. The second-order valence-corrected chi connectivity index (χ2v) is 7.78. The van der Waals surface area contributed by atoms with Crippen molar-refractivity contribution in [3.63, 3.8) is 0 Å². The quantitative estimate of drug-likeness (QED) is 0.716. The van der Waals surface area contributed by atoms with Gasteiger partial charge in [0.1, 0.15) is 12.4 Å². The molecular weight excluding hydrogens is 358 g/mol. The number of anilines is 2. The van der Waals surface area contributed by atoms with E-state index < -0.39 is 0 Å². The number of benzene rings is 1. The summed E-state index contributed by atoms with van der Waals surface area (Å²) in [5.41, 5.74) is 5.60. The lowest BCUT2D eigenvalue weighted by Gasteiger charge is -2.28. The fourth-order valence-electron chi connectivity index (χ4n) is 3.44. The van der Waals surface area contributed by atoms with Gasteiger partial charge in [0, 0.05) is 16.3 Å². The molecule has 0 spiro atoms. The van der Waals surface area contributed by atoms with Crippen molar-refractivity contribution in [2.45, 2.75) is 33.7 Å². The first-order valence-corrected chi connectivity index (χ1v) is 9.63. The Hall–Kier alpha value is -2.93. The van der Waals surface area contributed by atoms with E-state index in [1.165, 1.54) is 11.9 Å². The standard InChI is InChI=1S/C20H21N5OS/c1-11-5-6-15(13(3)9-11)24-19(26)16-14(4)23-20-21-10-22-25(20)17(16)18-12(2)7-8-27-18/h5-10,17H,1-4H3,(H,24,26)(H,21,22,23)/t17-/m1/s1. The third-order valence-electron chi connectivity index (χ3n) is 4.82. The van der Waals surface area contributed by atoms with E-state index in [1.807, 2.05) is 38.3 Å². The molecule has 0 bridgehead atoms. The van der Waals surface area contributed by atoms with Gasteiger partial charge in [-0.25, -0.2) is 4.68 Å². The predicted molar refractivity (Wildman–Crippen MR) is 108 cm³/mol. The van der Waals surface area contributed by atoms with Crippen LogP contribution in [0.15, 0.2) is 47.2 Å². The van der Waals surface area contributed by atoms with Crippen LogP contribution in [0.5, 0.6) is 0 Å². The average molecular weight is 379 g/mol. The van der Waals surface area contributed by atoms with Gasteiger partial charge in [-0.15, -0.1) is 11.3 Å².